The second-order valence-electron chi connectivity index (χ2n) is 3.92. The summed E-state index contributed by atoms with van der Waals surface area (Å²) in [5, 5.41) is 12.3. The average molecular weight is 284 g/mol. The van der Waals surface area contributed by atoms with Crippen molar-refractivity contribution >= 4 is 23.3 Å². The van der Waals surface area contributed by atoms with Crippen LogP contribution in [0.5, 0.6) is 0 Å². The molecule has 5 nitrogen and oxygen atoms in total. The van der Waals surface area contributed by atoms with E-state index in [0.29, 0.717) is 10.8 Å². The molecule has 19 heavy (non-hydrogen) atoms. The lowest BCUT2D eigenvalue weighted by Gasteiger charge is -2.15. The van der Waals surface area contributed by atoms with E-state index in [2.05, 4.69) is 10.3 Å². The molecular formula is C12H11ClFN3O2. The molecule has 0 bridgehead atoms. The number of aromatic nitrogens is 2. The molecule has 1 aromatic heterocycles. The number of carbonyl (C=O) groups is 1. The van der Waals surface area contributed by atoms with Gasteiger partial charge in [0.2, 0.25) is 0 Å². The van der Waals surface area contributed by atoms with Crippen molar-refractivity contribution in [3.63, 3.8) is 0 Å². The third-order valence-corrected chi connectivity index (χ3v) is 2.96. The van der Waals surface area contributed by atoms with Crippen molar-refractivity contribution in [1.29, 1.82) is 0 Å². The van der Waals surface area contributed by atoms with Gasteiger partial charge in [0.15, 0.2) is 6.04 Å². The van der Waals surface area contributed by atoms with Gasteiger partial charge in [0, 0.05) is 12.7 Å². The summed E-state index contributed by atoms with van der Waals surface area (Å²) in [4.78, 5) is 15.2. The maximum Gasteiger partial charge on any atom is 0.334 e. The quantitative estimate of drug-likeness (QED) is 0.904. The van der Waals surface area contributed by atoms with Crippen LogP contribution in [0.25, 0.3) is 0 Å². The second kappa shape index (κ2) is 5.27. The molecule has 1 atom stereocenters. The first-order chi connectivity index (χ1) is 8.99. The molecule has 0 saturated carbocycles. The van der Waals surface area contributed by atoms with Gasteiger partial charge in [-0.25, -0.2) is 14.2 Å². The van der Waals surface area contributed by atoms with Crippen LogP contribution in [0.4, 0.5) is 10.1 Å². The van der Waals surface area contributed by atoms with E-state index in [1.165, 1.54) is 29.0 Å². The fraction of sp³-hybridized carbons (Fsp3) is 0.167. The number of carboxylic acid groups (broad SMARTS) is 1. The standard InChI is InChI=1S/C12H11ClFN3O2/c1-17-9(13)6-15-11(17)10(12(18)19)16-8-4-2-3-7(14)5-8/h2-6,10,16H,1H3,(H,18,19). The Bertz CT molecular complexity index is 615. The summed E-state index contributed by atoms with van der Waals surface area (Å²) in [6.45, 7) is 0. The summed E-state index contributed by atoms with van der Waals surface area (Å²) in [7, 11) is 1.61. The molecule has 1 heterocycles. The zero-order valence-electron chi connectivity index (χ0n) is 9.97. The fourth-order valence-corrected chi connectivity index (χ4v) is 1.79. The number of rotatable bonds is 4. The van der Waals surface area contributed by atoms with Crippen molar-refractivity contribution < 1.29 is 14.3 Å². The molecule has 0 aliphatic carbocycles. The molecule has 0 saturated heterocycles. The number of carboxylic acids is 1. The second-order valence-corrected chi connectivity index (χ2v) is 4.31. The number of hydrogen-bond donors (Lipinski definition) is 2. The number of nitrogens with one attached hydrogen (secondary N) is 1. The van der Waals surface area contributed by atoms with Crippen LogP contribution in [0.3, 0.4) is 0 Å². The zero-order valence-corrected chi connectivity index (χ0v) is 10.7. The molecule has 1 aromatic carbocycles. The number of nitrogens with zero attached hydrogens (tertiary/aromatic N) is 2. The van der Waals surface area contributed by atoms with E-state index in [9.17, 15) is 14.3 Å². The van der Waals surface area contributed by atoms with Crippen molar-refractivity contribution in [2.75, 3.05) is 5.32 Å². The van der Waals surface area contributed by atoms with Crippen LogP contribution in [0.1, 0.15) is 11.9 Å². The van der Waals surface area contributed by atoms with Crippen LogP contribution in [-0.4, -0.2) is 20.6 Å². The molecule has 0 fully saturated rings. The van der Waals surface area contributed by atoms with E-state index < -0.39 is 17.8 Å². The first-order valence-corrected chi connectivity index (χ1v) is 5.79. The smallest absolute Gasteiger partial charge is 0.334 e. The van der Waals surface area contributed by atoms with Gasteiger partial charge in [-0.1, -0.05) is 17.7 Å². The Labute approximate surface area is 113 Å². The molecule has 1 unspecified atom stereocenters. The third kappa shape index (κ3) is 2.85. The first-order valence-electron chi connectivity index (χ1n) is 5.41. The van der Waals surface area contributed by atoms with E-state index in [-0.39, 0.29) is 5.82 Å². The summed E-state index contributed by atoms with van der Waals surface area (Å²) in [5.74, 6) is -1.34. The van der Waals surface area contributed by atoms with E-state index >= 15 is 0 Å². The lowest BCUT2D eigenvalue weighted by Crippen LogP contribution is -2.23. The predicted octanol–water partition coefficient (Wildman–Crippen LogP) is 2.45. The number of hydrogen-bond acceptors (Lipinski definition) is 3. The highest BCUT2D eigenvalue weighted by atomic mass is 35.5. The lowest BCUT2D eigenvalue weighted by molar-refractivity contribution is -0.138. The van der Waals surface area contributed by atoms with Crippen molar-refractivity contribution in [3.05, 3.63) is 47.3 Å². The number of aliphatic carboxylic acids is 1. The fourth-order valence-electron chi connectivity index (χ4n) is 1.65. The van der Waals surface area contributed by atoms with Crippen LogP contribution in [-0.2, 0) is 11.8 Å². The van der Waals surface area contributed by atoms with E-state index in [0.717, 1.165) is 0 Å². The molecule has 0 aliphatic heterocycles. The molecule has 0 aliphatic rings. The Kier molecular flexibility index (Phi) is 3.71. The Hall–Kier alpha value is -2.08. The average Bonchev–Trinajstić information content (AvgIpc) is 2.67. The van der Waals surface area contributed by atoms with E-state index in [1.807, 2.05) is 0 Å². The monoisotopic (exact) mass is 283 g/mol. The van der Waals surface area contributed by atoms with Gasteiger partial charge in [0.25, 0.3) is 0 Å². The molecule has 2 aromatic rings. The summed E-state index contributed by atoms with van der Waals surface area (Å²) >= 11 is 5.83. The third-order valence-electron chi connectivity index (χ3n) is 2.61. The Morgan fingerprint density at radius 1 is 1.58 bits per heavy atom. The highest BCUT2D eigenvalue weighted by Gasteiger charge is 2.24. The topological polar surface area (TPSA) is 67.2 Å². The molecule has 0 amide bonds. The van der Waals surface area contributed by atoms with Gasteiger partial charge < -0.3 is 15.0 Å². The number of imidazole rings is 1. The number of halogens is 2. The molecule has 100 valence electrons. The van der Waals surface area contributed by atoms with Crippen LogP contribution in [0.15, 0.2) is 30.5 Å². The Balaban J connectivity index is 2.32. The van der Waals surface area contributed by atoms with Crippen LogP contribution < -0.4 is 5.32 Å². The van der Waals surface area contributed by atoms with Crippen LogP contribution in [0, 0.1) is 5.82 Å². The molecular weight excluding hydrogens is 273 g/mol. The number of anilines is 1. The van der Waals surface area contributed by atoms with Crippen molar-refractivity contribution in [2.45, 2.75) is 6.04 Å². The van der Waals surface area contributed by atoms with Crippen molar-refractivity contribution in [1.82, 2.24) is 9.55 Å². The summed E-state index contributed by atoms with van der Waals surface area (Å²) < 4.78 is 14.5. The van der Waals surface area contributed by atoms with E-state index in [4.69, 9.17) is 11.6 Å². The zero-order chi connectivity index (χ0) is 14.0. The van der Waals surface area contributed by atoms with E-state index in [1.54, 1.807) is 13.1 Å². The van der Waals surface area contributed by atoms with Crippen LogP contribution >= 0.6 is 11.6 Å². The highest BCUT2D eigenvalue weighted by molar-refractivity contribution is 6.29. The molecule has 0 spiro atoms. The normalized spacial score (nSPS) is 12.2. The molecule has 2 N–H and O–H groups in total. The number of benzene rings is 1. The van der Waals surface area contributed by atoms with Crippen molar-refractivity contribution in [2.24, 2.45) is 7.05 Å². The largest absolute Gasteiger partial charge is 0.479 e. The predicted molar refractivity (Wildman–Crippen MR) is 68.6 cm³/mol. The van der Waals surface area contributed by atoms with Gasteiger partial charge in [-0.05, 0) is 18.2 Å². The van der Waals surface area contributed by atoms with Gasteiger partial charge in [0.05, 0.1) is 6.20 Å². The highest BCUT2D eigenvalue weighted by Crippen LogP contribution is 2.21. The lowest BCUT2D eigenvalue weighted by atomic mass is 10.2. The van der Waals surface area contributed by atoms with Crippen LogP contribution in [0.2, 0.25) is 5.15 Å². The minimum Gasteiger partial charge on any atom is -0.479 e. The molecule has 2 rings (SSSR count). The van der Waals surface area contributed by atoms with Gasteiger partial charge in [0.1, 0.15) is 16.8 Å². The maximum atomic E-state index is 13.1. The minimum atomic E-state index is -1.13. The molecule has 7 heteroatoms. The minimum absolute atomic E-state index is 0.238. The summed E-state index contributed by atoms with van der Waals surface area (Å²) in [6.07, 6.45) is 1.36. The van der Waals surface area contributed by atoms with Crippen molar-refractivity contribution in [3.8, 4) is 0 Å². The Morgan fingerprint density at radius 2 is 2.32 bits per heavy atom. The van der Waals surface area contributed by atoms with Gasteiger partial charge >= 0.3 is 5.97 Å². The Morgan fingerprint density at radius 3 is 2.84 bits per heavy atom. The summed E-state index contributed by atoms with van der Waals surface area (Å²) in [5.41, 5.74) is 0.353. The van der Waals surface area contributed by atoms with Gasteiger partial charge in [-0.2, -0.15) is 0 Å². The maximum absolute atomic E-state index is 13.1. The van der Waals surface area contributed by atoms with Gasteiger partial charge in [-0.15, -0.1) is 0 Å². The first kappa shape index (κ1) is 13.4. The molecule has 0 radical (unpaired) electrons. The summed E-state index contributed by atoms with van der Waals surface area (Å²) in [6, 6.07) is 4.43. The SMILES string of the molecule is Cn1c(Cl)cnc1C(Nc1cccc(F)c1)C(=O)O. The van der Waals surface area contributed by atoms with Gasteiger partial charge in [-0.3, -0.25) is 0 Å².